The van der Waals surface area contributed by atoms with Crippen molar-refractivity contribution >= 4 is 17.3 Å². The third-order valence-electron chi connectivity index (χ3n) is 5.39. The van der Waals surface area contributed by atoms with Crippen LogP contribution >= 0.6 is 11.3 Å². The van der Waals surface area contributed by atoms with Crippen molar-refractivity contribution in [1.82, 2.24) is 10.1 Å². The summed E-state index contributed by atoms with van der Waals surface area (Å²) in [6.45, 7) is 8.77. The summed E-state index contributed by atoms with van der Waals surface area (Å²) in [6.07, 6.45) is 3.67. The Kier molecular flexibility index (Phi) is 7.05. The van der Waals surface area contributed by atoms with Crippen molar-refractivity contribution < 1.29 is 14.4 Å². The average Bonchev–Trinajstić information content (AvgIpc) is 3.31. The van der Waals surface area contributed by atoms with Gasteiger partial charge in [0, 0.05) is 23.4 Å². The van der Waals surface area contributed by atoms with Crippen molar-refractivity contribution in [3.8, 4) is 22.2 Å². The van der Waals surface area contributed by atoms with E-state index in [1.54, 1.807) is 11.3 Å². The molecule has 3 aromatic rings. The van der Waals surface area contributed by atoms with E-state index in [0.29, 0.717) is 24.7 Å². The molecule has 1 aromatic carbocycles. The van der Waals surface area contributed by atoms with Gasteiger partial charge in [0.25, 0.3) is 5.89 Å². The molecule has 3 rings (SSSR count). The van der Waals surface area contributed by atoms with Crippen LogP contribution in [-0.2, 0) is 30.6 Å². The molecule has 160 valence electrons. The van der Waals surface area contributed by atoms with Crippen LogP contribution in [0, 0.1) is 13.8 Å². The number of nitrogens with two attached hydrogens (primary N) is 1. The van der Waals surface area contributed by atoms with Crippen LogP contribution in [0.4, 0.5) is 0 Å². The summed E-state index contributed by atoms with van der Waals surface area (Å²) in [6, 6.07) is 3.99. The van der Waals surface area contributed by atoms with Gasteiger partial charge in [-0.15, -0.1) is 11.3 Å². The van der Waals surface area contributed by atoms with Crippen LogP contribution in [0.1, 0.15) is 59.4 Å². The maximum atomic E-state index is 10.9. The predicted octanol–water partition coefficient (Wildman–Crippen LogP) is 5.07. The molecule has 0 saturated heterocycles. The maximum absolute atomic E-state index is 10.9. The van der Waals surface area contributed by atoms with Gasteiger partial charge in [-0.3, -0.25) is 4.79 Å². The lowest BCUT2D eigenvalue weighted by Crippen LogP contribution is -2.02. The fourth-order valence-electron chi connectivity index (χ4n) is 3.95. The Hall–Kier alpha value is -2.51. The number of hydrogen-bond donors (Lipinski definition) is 2. The number of thiophene rings is 1. The number of carbonyl (C=O) groups is 1. The first-order valence-electron chi connectivity index (χ1n) is 10.4. The molecule has 2 heterocycles. The number of carboxylic acids is 1. The fourth-order valence-corrected chi connectivity index (χ4v) is 5.19. The Morgan fingerprint density at radius 1 is 1.13 bits per heavy atom. The summed E-state index contributed by atoms with van der Waals surface area (Å²) in [5.41, 5.74) is 12.5. The van der Waals surface area contributed by atoms with Gasteiger partial charge >= 0.3 is 5.97 Å². The lowest BCUT2D eigenvalue weighted by Gasteiger charge is -2.10. The topological polar surface area (TPSA) is 102 Å². The van der Waals surface area contributed by atoms with Crippen molar-refractivity contribution in [3.05, 3.63) is 44.8 Å². The minimum Gasteiger partial charge on any atom is -0.481 e. The number of rotatable bonds is 9. The molecule has 2 aromatic heterocycles. The zero-order valence-corrected chi connectivity index (χ0v) is 18.9. The molecule has 7 heteroatoms. The third kappa shape index (κ3) is 4.47. The normalized spacial score (nSPS) is 11.2. The molecule has 30 heavy (non-hydrogen) atoms. The van der Waals surface area contributed by atoms with E-state index in [1.165, 1.54) is 10.4 Å². The fraction of sp³-hybridized carbons (Fsp3) is 0.435. The summed E-state index contributed by atoms with van der Waals surface area (Å²) >= 11 is 1.70. The number of hydrogen-bond acceptors (Lipinski definition) is 6. The van der Waals surface area contributed by atoms with E-state index in [1.807, 2.05) is 26.0 Å². The second-order valence-corrected chi connectivity index (χ2v) is 8.63. The molecule has 0 amide bonds. The Labute approximate surface area is 181 Å². The molecule has 0 aliphatic heterocycles. The van der Waals surface area contributed by atoms with Gasteiger partial charge in [-0.2, -0.15) is 4.98 Å². The lowest BCUT2D eigenvalue weighted by atomic mass is 9.95. The monoisotopic (exact) mass is 427 g/mol. The van der Waals surface area contributed by atoms with E-state index in [-0.39, 0.29) is 6.42 Å². The van der Waals surface area contributed by atoms with Crippen LogP contribution in [0.25, 0.3) is 22.2 Å². The first-order valence-corrected chi connectivity index (χ1v) is 11.2. The Morgan fingerprint density at radius 3 is 2.40 bits per heavy atom. The number of aliphatic carboxylic acids is 1. The van der Waals surface area contributed by atoms with E-state index >= 15 is 0 Å². The standard InChI is InChI=1S/C23H29N3O3S/c1-5-7-17-18(12-24)21(30-19(17)6-2)23-25-22(26-29-23)15-10-13(3)16(14(4)11-15)8-9-20(27)28/h10-11H,5-9,12,24H2,1-4H3,(H,27,28). The van der Waals surface area contributed by atoms with E-state index in [2.05, 4.69) is 24.0 Å². The third-order valence-corrected chi connectivity index (χ3v) is 6.80. The van der Waals surface area contributed by atoms with Crippen molar-refractivity contribution in [2.24, 2.45) is 5.73 Å². The van der Waals surface area contributed by atoms with E-state index in [0.717, 1.165) is 52.0 Å². The van der Waals surface area contributed by atoms with Crippen LogP contribution in [0.3, 0.4) is 0 Å². The molecule has 0 spiro atoms. The van der Waals surface area contributed by atoms with Crippen LogP contribution < -0.4 is 5.73 Å². The van der Waals surface area contributed by atoms with Crippen LogP contribution in [0.15, 0.2) is 16.7 Å². The largest absolute Gasteiger partial charge is 0.481 e. The van der Waals surface area contributed by atoms with Crippen LogP contribution in [0.2, 0.25) is 0 Å². The van der Waals surface area contributed by atoms with Gasteiger partial charge in [-0.05, 0) is 73.1 Å². The average molecular weight is 428 g/mol. The summed E-state index contributed by atoms with van der Waals surface area (Å²) in [5, 5.41) is 13.2. The van der Waals surface area contributed by atoms with Crippen LogP contribution in [-0.4, -0.2) is 21.2 Å². The van der Waals surface area contributed by atoms with Crippen molar-refractivity contribution in [1.29, 1.82) is 0 Å². The minimum absolute atomic E-state index is 0.119. The SMILES string of the molecule is CCCc1c(CC)sc(-c2nc(-c3cc(C)c(CCC(=O)O)c(C)c3)no2)c1CN. The number of aromatic nitrogens is 2. The van der Waals surface area contributed by atoms with Crippen LogP contribution in [0.5, 0.6) is 0 Å². The summed E-state index contributed by atoms with van der Waals surface area (Å²) < 4.78 is 5.64. The van der Waals surface area contributed by atoms with Crippen molar-refractivity contribution in [2.75, 3.05) is 0 Å². The highest BCUT2D eigenvalue weighted by Crippen LogP contribution is 2.38. The number of nitrogens with zero attached hydrogens (tertiary/aromatic N) is 2. The molecule has 0 aliphatic carbocycles. The van der Waals surface area contributed by atoms with Gasteiger partial charge in [0.15, 0.2) is 0 Å². The number of aryl methyl sites for hydroxylation is 3. The second kappa shape index (κ2) is 9.53. The second-order valence-electron chi connectivity index (χ2n) is 7.52. The summed E-state index contributed by atoms with van der Waals surface area (Å²) in [5.74, 6) is 0.256. The zero-order chi connectivity index (χ0) is 21.8. The maximum Gasteiger partial charge on any atom is 0.303 e. The van der Waals surface area contributed by atoms with Gasteiger partial charge < -0.3 is 15.4 Å². The molecular weight excluding hydrogens is 398 g/mol. The Bertz CT molecular complexity index is 1030. The van der Waals surface area contributed by atoms with Gasteiger partial charge in [0.1, 0.15) is 0 Å². The Balaban J connectivity index is 1.97. The molecular formula is C23H29N3O3S. The van der Waals surface area contributed by atoms with E-state index in [9.17, 15) is 4.79 Å². The first-order chi connectivity index (χ1) is 14.4. The Morgan fingerprint density at radius 2 is 1.83 bits per heavy atom. The molecule has 0 unspecified atom stereocenters. The first kappa shape index (κ1) is 22.2. The molecule has 0 saturated carbocycles. The summed E-state index contributed by atoms with van der Waals surface area (Å²) in [7, 11) is 0. The zero-order valence-electron chi connectivity index (χ0n) is 18.0. The lowest BCUT2D eigenvalue weighted by molar-refractivity contribution is -0.136. The van der Waals surface area contributed by atoms with E-state index < -0.39 is 5.97 Å². The molecule has 0 atom stereocenters. The molecule has 0 fully saturated rings. The smallest absolute Gasteiger partial charge is 0.303 e. The highest BCUT2D eigenvalue weighted by atomic mass is 32.1. The van der Waals surface area contributed by atoms with Gasteiger partial charge in [0.2, 0.25) is 5.82 Å². The minimum atomic E-state index is -0.791. The van der Waals surface area contributed by atoms with Gasteiger partial charge in [-0.1, -0.05) is 25.4 Å². The van der Waals surface area contributed by atoms with E-state index in [4.69, 9.17) is 15.4 Å². The number of carboxylic acid groups (broad SMARTS) is 1. The van der Waals surface area contributed by atoms with Gasteiger partial charge in [-0.25, -0.2) is 0 Å². The quantitative estimate of drug-likeness (QED) is 0.494. The summed E-state index contributed by atoms with van der Waals surface area (Å²) in [4.78, 5) is 17.9. The van der Waals surface area contributed by atoms with Crippen molar-refractivity contribution in [2.45, 2.75) is 66.3 Å². The highest BCUT2D eigenvalue weighted by Gasteiger charge is 2.22. The van der Waals surface area contributed by atoms with Gasteiger partial charge in [0.05, 0.1) is 4.88 Å². The molecule has 0 aliphatic rings. The van der Waals surface area contributed by atoms with Crippen molar-refractivity contribution in [3.63, 3.8) is 0 Å². The molecule has 0 bridgehead atoms. The molecule has 6 nitrogen and oxygen atoms in total. The highest BCUT2D eigenvalue weighted by molar-refractivity contribution is 7.15. The molecule has 3 N–H and O–H groups in total. The number of benzene rings is 1. The molecule has 0 radical (unpaired) electrons. The predicted molar refractivity (Wildman–Crippen MR) is 120 cm³/mol.